The molecule has 0 atom stereocenters. The van der Waals surface area contributed by atoms with Crippen molar-refractivity contribution in [1.29, 1.82) is 0 Å². The fourth-order valence-corrected chi connectivity index (χ4v) is 3.31. The normalized spacial score (nSPS) is 11.8. The highest BCUT2D eigenvalue weighted by Gasteiger charge is 2.21. The van der Waals surface area contributed by atoms with Crippen LogP contribution in [0.1, 0.15) is 0 Å². The van der Waals surface area contributed by atoms with E-state index in [-0.39, 0.29) is 0 Å². The molecule has 0 aliphatic carbocycles. The molecule has 2 aromatic carbocycles. The minimum absolute atomic E-state index is 0.652. The molecule has 4 heteroatoms. The summed E-state index contributed by atoms with van der Waals surface area (Å²) in [4.78, 5) is 4.64. The summed E-state index contributed by atoms with van der Waals surface area (Å²) in [6, 6.07) is 13.9. The quantitative estimate of drug-likeness (QED) is 0.440. The first-order valence-corrected chi connectivity index (χ1v) is 7.05. The number of fused-ring (bicyclic) bond motifs is 4. The lowest BCUT2D eigenvalue weighted by atomic mass is 10.1. The number of nitrogens with zero attached hydrogens (tertiary/aromatic N) is 2. The van der Waals surface area contributed by atoms with Crippen LogP contribution in [0.2, 0.25) is 10.0 Å². The van der Waals surface area contributed by atoms with Gasteiger partial charge in [-0.25, -0.2) is 4.98 Å². The van der Waals surface area contributed by atoms with Gasteiger partial charge >= 0.3 is 0 Å². The van der Waals surface area contributed by atoms with Gasteiger partial charge in [0.15, 0.2) is 0 Å². The first-order valence-electron chi connectivity index (χ1n) is 6.29. The molecular formula is C16H10Cl2N2. The molecule has 0 saturated heterocycles. The summed E-state index contributed by atoms with van der Waals surface area (Å²) in [5.41, 5.74) is 3.71. The Morgan fingerprint density at radius 2 is 1.70 bits per heavy atom. The number of hydrogen-bond acceptors (Lipinski definition) is 1. The third-order valence-electron chi connectivity index (χ3n) is 3.74. The highest BCUT2D eigenvalue weighted by molar-refractivity contribution is 6.39. The Morgan fingerprint density at radius 3 is 2.55 bits per heavy atom. The van der Waals surface area contributed by atoms with E-state index < -0.39 is 0 Å². The number of para-hydroxylation sites is 2. The van der Waals surface area contributed by atoms with Crippen molar-refractivity contribution in [2.75, 3.05) is 0 Å². The Balaban J connectivity index is 2.35. The Bertz CT molecular complexity index is 940. The van der Waals surface area contributed by atoms with Crippen LogP contribution < -0.4 is 0 Å². The van der Waals surface area contributed by atoms with Gasteiger partial charge in [0, 0.05) is 23.3 Å². The van der Waals surface area contributed by atoms with E-state index in [9.17, 15) is 0 Å². The molecule has 20 heavy (non-hydrogen) atoms. The van der Waals surface area contributed by atoms with E-state index in [1.165, 1.54) is 0 Å². The van der Waals surface area contributed by atoms with Crippen LogP contribution in [-0.4, -0.2) is 9.55 Å². The molecule has 0 fully saturated rings. The predicted molar refractivity (Wildman–Crippen MR) is 84.9 cm³/mol. The van der Waals surface area contributed by atoms with Gasteiger partial charge in [-0.05, 0) is 12.1 Å². The average Bonchev–Trinajstić information content (AvgIpc) is 2.86. The number of rotatable bonds is 0. The third-order valence-corrected chi connectivity index (χ3v) is 4.42. The van der Waals surface area contributed by atoms with Gasteiger partial charge in [0.25, 0.3) is 0 Å². The minimum atomic E-state index is 0.652. The van der Waals surface area contributed by atoms with Crippen molar-refractivity contribution in [3.63, 3.8) is 0 Å². The first kappa shape index (κ1) is 12.0. The molecule has 0 amide bonds. The molecule has 2 aliphatic rings. The van der Waals surface area contributed by atoms with E-state index in [2.05, 4.69) is 15.6 Å². The number of hydrogen-bond donors (Lipinski definition) is 0. The van der Waals surface area contributed by atoms with Crippen LogP contribution in [-0.2, 0) is 7.05 Å². The maximum atomic E-state index is 6.55. The van der Waals surface area contributed by atoms with E-state index >= 15 is 0 Å². The zero-order valence-corrected chi connectivity index (χ0v) is 12.2. The van der Waals surface area contributed by atoms with Crippen molar-refractivity contribution < 1.29 is 0 Å². The van der Waals surface area contributed by atoms with E-state index in [1.54, 1.807) is 0 Å². The molecule has 0 saturated carbocycles. The van der Waals surface area contributed by atoms with Crippen molar-refractivity contribution in [2.45, 2.75) is 0 Å². The van der Waals surface area contributed by atoms with E-state index in [0.717, 1.165) is 33.2 Å². The van der Waals surface area contributed by atoms with Crippen LogP contribution in [0.25, 0.3) is 33.2 Å². The molecule has 4 rings (SSSR count). The van der Waals surface area contributed by atoms with Gasteiger partial charge in [-0.1, -0.05) is 53.5 Å². The fraction of sp³-hybridized carbons (Fsp3) is 0.0625. The van der Waals surface area contributed by atoms with Crippen LogP contribution in [0.4, 0.5) is 0 Å². The second-order valence-corrected chi connectivity index (χ2v) is 5.62. The largest absolute Gasteiger partial charge is 0.342 e. The monoisotopic (exact) mass is 300 g/mol. The molecule has 0 bridgehead atoms. The van der Waals surface area contributed by atoms with Gasteiger partial charge in [-0.3, -0.25) is 0 Å². The number of aromatic nitrogens is 2. The Labute approximate surface area is 125 Å². The molecule has 98 valence electrons. The number of aryl methyl sites for hydroxylation is 1. The molecule has 2 aromatic rings. The van der Waals surface area contributed by atoms with Gasteiger partial charge in [0.05, 0.1) is 21.3 Å². The van der Waals surface area contributed by atoms with Gasteiger partial charge in [0.1, 0.15) is 5.69 Å². The first-order chi connectivity index (χ1) is 9.68. The van der Waals surface area contributed by atoms with Crippen molar-refractivity contribution in [3.05, 3.63) is 52.5 Å². The van der Waals surface area contributed by atoms with Gasteiger partial charge in [-0.2, -0.15) is 0 Å². The zero-order chi connectivity index (χ0) is 13.9. The molecule has 2 nitrogen and oxygen atoms in total. The summed E-state index contributed by atoms with van der Waals surface area (Å²) < 4.78 is 2.13. The maximum Gasteiger partial charge on any atom is 0.107 e. The van der Waals surface area contributed by atoms with Crippen LogP contribution in [0.5, 0.6) is 0 Å². The molecule has 0 unspecified atom stereocenters. The van der Waals surface area contributed by atoms with Crippen LogP contribution in [0.15, 0.2) is 42.5 Å². The Kier molecular flexibility index (Phi) is 2.47. The number of pyridine rings is 1. The molecule has 0 radical (unpaired) electrons. The Morgan fingerprint density at radius 1 is 0.950 bits per heavy atom. The van der Waals surface area contributed by atoms with E-state index in [0.29, 0.717) is 10.0 Å². The van der Waals surface area contributed by atoms with Crippen LogP contribution >= 0.6 is 23.2 Å². The SMILES string of the molecule is Cn1c2c3cccc(Cl)c3nc-2c(Cl)c2ccccc21. The van der Waals surface area contributed by atoms with E-state index in [1.807, 2.05) is 43.4 Å². The molecule has 2 aliphatic heterocycles. The van der Waals surface area contributed by atoms with E-state index in [4.69, 9.17) is 23.2 Å². The highest BCUT2D eigenvalue weighted by atomic mass is 35.5. The summed E-state index contributed by atoms with van der Waals surface area (Å²) in [5, 5.41) is 3.37. The zero-order valence-electron chi connectivity index (χ0n) is 10.7. The van der Waals surface area contributed by atoms with Crippen LogP contribution in [0, 0.1) is 0 Å². The lowest BCUT2D eigenvalue weighted by Crippen LogP contribution is -1.99. The second-order valence-electron chi connectivity index (χ2n) is 4.84. The van der Waals surface area contributed by atoms with Crippen molar-refractivity contribution in [2.24, 2.45) is 7.05 Å². The number of benzene rings is 2. The second kappa shape index (κ2) is 4.11. The maximum absolute atomic E-state index is 6.55. The van der Waals surface area contributed by atoms with Crippen molar-refractivity contribution in [3.8, 4) is 11.4 Å². The summed E-state index contributed by atoms with van der Waals surface area (Å²) in [5.74, 6) is 0. The molecular weight excluding hydrogens is 291 g/mol. The van der Waals surface area contributed by atoms with Gasteiger partial charge < -0.3 is 4.57 Å². The lowest BCUT2D eigenvalue weighted by Gasteiger charge is -2.14. The van der Waals surface area contributed by atoms with Crippen molar-refractivity contribution in [1.82, 2.24) is 9.55 Å². The summed E-state index contributed by atoms with van der Waals surface area (Å²) in [6.07, 6.45) is 0. The summed E-state index contributed by atoms with van der Waals surface area (Å²) in [7, 11) is 2.03. The van der Waals surface area contributed by atoms with Gasteiger partial charge in [0.2, 0.25) is 0 Å². The topological polar surface area (TPSA) is 17.8 Å². The summed E-state index contributed by atoms with van der Waals surface area (Å²) in [6.45, 7) is 0. The smallest absolute Gasteiger partial charge is 0.107 e. The highest BCUT2D eigenvalue weighted by Crippen LogP contribution is 2.41. The fourth-order valence-electron chi connectivity index (χ4n) is 2.80. The van der Waals surface area contributed by atoms with Gasteiger partial charge in [-0.15, -0.1) is 0 Å². The Hall–Kier alpha value is -1.77. The predicted octanol–water partition coefficient (Wildman–Crippen LogP) is 5.14. The molecule has 0 spiro atoms. The molecule has 2 heterocycles. The molecule has 0 N–H and O–H groups in total. The van der Waals surface area contributed by atoms with Crippen molar-refractivity contribution >= 4 is 45.0 Å². The summed E-state index contributed by atoms with van der Waals surface area (Å²) >= 11 is 12.8. The standard InChI is InChI=1S/C16H10Cl2N2/c1-20-12-8-3-2-5-9(12)13(18)15-16(20)10-6-4-7-11(17)14(10)19-15/h2-8H,1H3. The molecule has 0 aromatic heterocycles. The van der Waals surface area contributed by atoms with Crippen LogP contribution in [0.3, 0.4) is 0 Å². The third kappa shape index (κ3) is 1.43. The number of halogens is 2. The minimum Gasteiger partial charge on any atom is -0.342 e. The average molecular weight is 301 g/mol. The lowest BCUT2D eigenvalue weighted by molar-refractivity contribution is 0.967.